The lowest BCUT2D eigenvalue weighted by Crippen LogP contribution is -2.38. The lowest BCUT2D eigenvalue weighted by molar-refractivity contribution is 0.0729. The van der Waals surface area contributed by atoms with Gasteiger partial charge in [-0.05, 0) is 63.0 Å². The third kappa shape index (κ3) is 3.68. The fourth-order valence-electron chi connectivity index (χ4n) is 4.86. The molecule has 1 N–H and O–H groups in total. The molecule has 1 aliphatic heterocycles. The maximum atomic E-state index is 14.9. The number of aromatic nitrogens is 4. The summed E-state index contributed by atoms with van der Waals surface area (Å²) in [5, 5.41) is 15.3. The highest BCUT2D eigenvalue weighted by molar-refractivity contribution is 5.82. The van der Waals surface area contributed by atoms with Gasteiger partial charge in [-0.15, -0.1) is 0 Å². The van der Waals surface area contributed by atoms with Crippen LogP contribution in [-0.4, -0.2) is 69.3 Å². The van der Waals surface area contributed by atoms with Crippen molar-refractivity contribution in [2.45, 2.75) is 50.3 Å². The predicted octanol–water partition coefficient (Wildman–Crippen LogP) is 3.13. The number of ether oxygens (including phenoxy) is 1. The molecule has 2 fully saturated rings. The van der Waals surface area contributed by atoms with E-state index in [1.54, 1.807) is 11.8 Å². The first-order valence-electron chi connectivity index (χ1n) is 10.8. The van der Waals surface area contributed by atoms with Crippen LogP contribution in [0.15, 0.2) is 24.4 Å². The molecule has 164 valence electrons. The summed E-state index contributed by atoms with van der Waals surface area (Å²) in [5.41, 5.74) is 3.88. The van der Waals surface area contributed by atoms with Gasteiger partial charge in [0, 0.05) is 29.8 Å². The van der Waals surface area contributed by atoms with Crippen LogP contribution in [0.4, 0.5) is 4.39 Å². The molecule has 1 aliphatic carbocycles. The summed E-state index contributed by atoms with van der Waals surface area (Å²) < 4.78 is 22.0. The zero-order valence-corrected chi connectivity index (χ0v) is 18.1. The standard InChI is InChI=1S/C23H28FN5O2/c1-13-6-15-11-25-29(21(15)9-18(13)17-4-5-28(2)12-19(17)24)22-10-20(14-7-16(30)8-14)26-23(27-22)31-3/h6,9-11,14,16-17,19,30H,4-5,7-8,12H2,1-3H3/t14?,16?,17-,19+/m0/s1. The highest BCUT2D eigenvalue weighted by atomic mass is 19.1. The molecule has 0 bridgehead atoms. The zero-order chi connectivity index (χ0) is 21.7. The molecule has 0 spiro atoms. The SMILES string of the molecule is COc1nc(C2CC(O)C2)cc(-n2ncc3cc(C)c([C@@H]4CCN(C)C[C@H]4F)cc32)n1. The molecular formula is C23H28FN5O2. The Morgan fingerprint density at radius 1 is 1.19 bits per heavy atom. The minimum absolute atomic E-state index is 0.115. The van der Waals surface area contributed by atoms with E-state index in [4.69, 9.17) is 4.74 Å². The first-order valence-corrected chi connectivity index (χ1v) is 10.8. The molecule has 31 heavy (non-hydrogen) atoms. The Bertz CT molecular complexity index is 1110. The molecule has 2 aromatic heterocycles. The smallest absolute Gasteiger partial charge is 0.318 e. The Balaban J connectivity index is 1.57. The molecule has 3 heterocycles. The van der Waals surface area contributed by atoms with Crippen molar-refractivity contribution in [2.75, 3.05) is 27.2 Å². The van der Waals surface area contributed by atoms with Crippen molar-refractivity contribution in [3.63, 3.8) is 0 Å². The summed E-state index contributed by atoms with van der Waals surface area (Å²) in [6.07, 6.45) is 2.84. The van der Waals surface area contributed by atoms with Crippen molar-refractivity contribution < 1.29 is 14.2 Å². The number of rotatable bonds is 4. The topological polar surface area (TPSA) is 76.3 Å². The van der Waals surface area contributed by atoms with Gasteiger partial charge in [-0.1, -0.05) is 0 Å². The molecule has 3 aromatic rings. The fourth-order valence-corrected chi connectivity index (χ4v) is 4.86. The van der Waals surface area contributed by atoms with Gasteiger partial charge in [-0.3, -0.25) is 0 Å². The van der Waals surface area contributed by atoms with Crippen LogP contribution in [0.1, 0.15) is 47.9 Å². The number of alkyl halides is 1. The number of methoxy groups -OCH3 is 1. The van der Waals surface area contributed by atoms with Crippen molar-refractivity contribution >= 4 is 10.9 Å². The molecule has 2 aliphatic rings. The van der Waals surface area contributed by atoms with Crippen LogP contribution in [0.3, 0.4) is 0 Å². The average Bonchev–Trinajstić information content (AvgIpc) is 3.13. The van der Waals surface area contributed by atoms with Gasteiger partial charge in [0.2, 0.25) is 0 Å². The first-order chi connectivity index (χ1) is 14.9. The van der Waals surface area contributed by atoms with Gasteiger partial charge in [-0.2, -0.15) is 15.1 Å². The Kier molecular flexibility index (Phi) is 5.14. The van der Waals surface area contributed by atoms with E-state index in [-0.39, 0.29) is 24.0 Å². The number of benzene rings is 1. The van der Waals surface area contributed by atoms with E-state index in [9.17, 15) is 9.50 Å². The highest BCUT2D eigenvalue weighted by Crippen LogP contribution is 2.38. The zero-order valence-electron chi connectivity index (χ0n) is 18.1. The molecular weight excluding hydrogens is 397 g/mol. The van der Waals surface area contributed by atoms with Crippen LogP contribution >= 0.6 is 0 Å². The monoisotopic (exact) mass is 425 g/mol. The number of aliphatic hydroxyl groups excluding tert-OH is 1. The number of piperidine rings is 1. The Morgan fingerprint density at radius 3 is 2.71 bits per heavy atom. The normalized spacial score (nSPS) is 26.7. The number of hydrogen-bond acceptors (Lipinski definition) is 6. The van der Waals surface area contributed by atoms with Gasteiger partial charge < -0.3 is 14.7 Å². The molecule has 1 aromatic carbocycles. The fraction of sp³-hybridized carbons (Fsp3) is 0.522. The minimum Gasteiger partial charge on any atom is -0.467 e. The van der Waals surface area contributed by atoms with Crippen LogP contribution < -0.4 is 4.74 Å². The van der Waals surface area contributed by atoms with Crippen molar-refractivity contribution in [3.05, 3.63) is 41.2 Å². The number of aliphatic hydroxyl groups is 1. The Morgan fingerprint density at radius 2 is 2.00 bits per heavy atom. The summed E-state index contributed by atoms with van der Waals surface area (Å²) in [4.78, 5) is 11.0. The van der Waals surface area contributed by atoms with Crippen molar-refractivity contribution in [3.8, 4) is 11.8 Å². The van der Waals surface area contributed by atoms with Crippen molar-refractivity contribution in [1.29, 1.82) is 0 Å². The molecule has 8 heteroatoms. The van der Waals surface area contributed by atoms with Gasteiger partial charge in [0.05, 0.1) is 30.6 Å². The van der Waals surface area contributed by atoms with E-state index in [0.717, 1.165) is 40.7 Å². The second-order valence-electron chi connectivity index (χ2n) is 8.96. The average molecular weight is 426 g/mol. The number of nitrogens with zero attached hydrogens (tertiary/aromatic N) is 5. The van der Waals surface area contributed by atoms with Crippen molar-refractivity contribution in [2.24, 2.45) is 0 Å². The Labute approximate surface area is 180 Å². The van der Waals surface area contributed by atoms with Crippen LogP contribution in [0.2, 0.25) is 0 Å². The quantitative estimate of drug-likeness (QED) is 0.692. The van der Waals surface area contributed by atoms with Gasteiger partial charge in [0.15, 0.2) is 5.82 Å². The molecule has 1 saturated carbocycles. The van der Waals surface area contributed by atoms with Gasteiger partial charge >= 0.3 is 6.01 Å². The highest BCUT2D eigenvalue weighted by Gasteiger charge is 2.32. The van der Waals surface area contributed by atoms with Crippen LogP contribution in [-0.2, 0) is 0 Å². The van der Waals surface area contributed by atoms with E-state index >= 15 is 0 Å². The third-order valence-electron chi connectivity index (χ3n) is 6.74. The number of fused-ring (bicyclic) bond motifs is 1. The summed E-state index contributed by atoms with van der Waals surface area (Å²) in [7, 11) is 3.51. The second kappa shape index (κ2) is 7.84. The number of aryl methyl sites for hydroxylation is 1. The first kappa shape index (κ1) is 20.3. The van der Waals surface area contributed by atoms with Gasteiger partial charge in [0.25, 0.3) is 0 Å². The van der Waals surface area contributed by atoms with Crippen molar-refractivity contribution in [1.82, 2.24) is 24.6 Å². The summed E-state index contributed by atoms with van der Waals surface area (Å²) in [5.74, 6) is 0.695. The van der Waals surface area contributed by atoms with E-state index in [2.05, 4.69) is 27.2 Å². The predicted molar refractivity (Wildman–Crippen MR) is 116 cm³/mol. The molecule has 0 amide bonds. The summed E-state index contributed by atoms with van der Waals surface area (Å²) in [6.45, 7) is 3.40. The van der Waals surface area contributed by atoms with E-state index in [0.29, 0.717) is 25.2 Å². The molecule has 2 atom stereocenters. The largest absolute Gasteiger partial charge is 0.467 e. The molecule has 7 nitrogen and oxygen atoms in total. The maximum absolute atomic E-state index is 14.9. The minimum atomic E-state index is -0.887. The summed E-state index contributed by atoms with van der Waals surface area (Å²) >= 11 is 0. The van der Waals surface area contributed by atoms with E-state index < -0.39 is 6.17 Å². The van der Waals surface area contributed by atoms with Crippen LogP contribution in [0.25, 0.3) is 16.7 Å². The summed E-state index contributed by atoms with van der Waals surface area (Å²) in [6, 6.07) is 6.35. The number of halogens is 1. The van der Waals surface area contributed by atoms with E-state index in [1.807, 2.05) is 31.1 Å². The third-order valence-corrected chi connectivity index (χ3v) is 6.74. The van der Waals surface area contributed by atoms with Crippen LogP contribution in [0, 0.1) is 6.92 Å². The molecule has 1 saturated heterocycles. The maximum Gasteiger partial charge on any atom is 0.318 e. The van der Waals surface area contributed by atoms with Gasteiger partial charge in [-0.25, -0.2) is 9.07 Å². The number of likely N-dealkylation sites (tertiary alicyclic amines) is 1. The second-order valence-corrected chi connectivity index (χ2v) is 8.96. The van der Waals surface area contributed by atoms with Gasteiger partial charge in [0.1, 0.15) is 6.17 Å². The Hall–Kier alpha value is -2.58. The lowest BCUT2D eigenvalue weighted by Gasteiger charge is -2.33. The number of hydrogen-bond donors (Lipinski definition) is 1. The molecule has 5 rings (SSSR count). The van der Waals surface area contributed by atoms with E-state index in [1.165, 1.54) is 0 Å². The lowest BCUT2D eigenvalue weighted by atomic mass is 9.80. The van der Waals surface area contributed by atoms with Crippen LogP contribution in [0.5, 0.6) is 6.01 Å². The molecule has 0 radical (unpaired) electrons. The molecule has 0 unspecified atom stereocenters.